The second kappa shape index (κ2) is 4.44. The van der Waals surface area contributed by atoms with Crippen LogP contribution in [0.5, 0.6) is 0 Å². The molecular weight excluding hydrogens is 218 g/mol. The number of aromatic nitrogens is 3. The van der Waals surface area contributed by atoms with Gasteiger partial charge in [-0.25, -0.2) is 0 Å². The Morgan fingerprint density at radius 2 is 1.59 bits per heavy atom. The lowest BCUT2D eigenvalue weighted by atomic mass is 10.3. The maximum atomic E-state index is 5.45. The lowest BCUT2D eigenvalue weighted by Crippen LogP contribution is -2.06. The van der Waals surface area contributed by atoms with Gasteiger partial charge >= 0.3 is 0 Å². The molecule has 0 aliphatic rings. The minimum atomic E-state index is 0.0735. The number of benzene rings is 1. The van der Waals surface area contributed by atoms with Gasteiger partial charge in [0.15, 0.2) is 0 Å². The molecule has 0 saturated carbocycles. The molecule has 0 spiro atoms. The number of anilines is 4. The van der Waals surface area contributed by atoms with Crippen molar-refractivity contribution in [3.8, 4) is 0 Å². The average molecular weight is 229 g/mol. The molecule has 0 aliphatic heterocycles. The standard InChI is InChI=1S/C10H11N7/c1-13-6-2-4-7(5-3-6)14-10-16-8(11)15-9(12)17-10/h2-5H,1H2,(H5,11,12,14,15,16,17). The largest absolute Gasteiger partial charge is 0.368 e. The van der Waals surface area contributed by atoms with Crippen LogP contribution in [0.4, 0.5) is 29.2 Å². The van der Waals surface area contributed by atoms with Crippen LogP contribution in [0.15, 0.2) is 29.3 Å². The Labute approximate surface area is 97.6 Å². The van der Waals surface area contributed by atoms with Gasteiger partial charge in [0, 0.05) is 5.69 Å². The van der Waals surface area contributed by atoms with E-state index in [0.29, 0.717) is 5.95 Å². The van der Waals surface area contributed by atoms with Crippen LogP contribution in [0.2, 0.25) is 0 Å². The van der Waals surface area contributed by atoms with Gasteiger partial charge in [0.05, 0.1) is 5.69 Å². The van der Waals surface area contributed by atoms with E-state index in [2.05, 4.69) is 32.0 Å². The average Bonchev–Trinajstić information content (AvgIpc) is 2.28. The highest BCUT2D eigenvalue weighted by molar-refractivity contribution is 5.59. The van der Waals surface area contributed by atoms with Gasteiger partial charge in [0.2, 0.25) is 17.8 Å². The fourth-order valence-electron chi connectivity index (χ4n) is 1.24. The van der Waals surface area contributed by atoms with Crippen molar-refractivity contribution in [2.24, 2.45) is 4.99 Å². The number of hydrogen-bond acceptors (Lipinski definition) is 7. The first-order valence-electron chi connectivity index (χ1n) is 4.78. The van der Waals surface area contributed by atoms with Gasteiger partial charge in [-0.15, -0.1) is 0 Å². The lowest BCUT2D eigenvalue weighted by Gasteiger charge is -2.05. The van der Waals surface area contributed by atoms with E-state index in [1.54, 1.807) is 0 Å². The molecule has 5 N–H and O–H groups in total. The Balaban J connectivity index is 2.21. The van der Waals surface area contributed by atoms with E-state index in [4.69, 9.17) is 11.5 Å². The minimum Gasteiger partial charge on any atom is -0.368 e. The summed E-state index contributed by atoms with van der Waals surface area (Å²) in [5.74, 6) is 0.447. The molecule has 0 saturated heterocycles. The quantitative estimate of drug-likeness (QED) is 0.679. The Morgan fingerprint density at radius 3 is 2.12 bits per heavy atom. The third-order valence-corrected chi connectivity index (χ3v) is 1.98. The normalized spacial score (nSPS) is 9.88. The van der Waals surface area contributed by atoms with Crippen molar-refractivity contribution in [2.75, 3.05) is 16.8 Å². The SMILES string of the molecule is C=Nc1ccc(Nc2nc(N)nc(N)n2)cc1. The first kappa shape index (κ1) is 10.8. The van der Waals surface area contributed by atoms with E-state index < -0.39 is 0 Å². The van der Waals surface area contributed by atoms with Crippen LogP contribution in [0.3, 0.4) is 0 Å². The molecule has 17 heavy (non-hydrogen) atoms. The zero-order valence-electron chi connectivity index (χ0n) is 8.96. The highest BCUT2D eigenvalue weighted by Gasteiger charge is 2.01. The molecule has 0 unspecified atom stereocenters. The molecule has 86 valence electrons. The van der Waals surface area contributed by atoms with E-state index in [0.717, 1.165) is 11.4 Å². The fourth-order valence-corrected chi connectivity index (χ4v) is 1.24. The predicted molar refractivity (Wildman–Crippen MR) is 67.6 cm³/mol. The van der Waals surface area contributed by atoms with Crippen molar-refractivity contribution in [1.29, 1.82) is 0 Å². The topological polar surface area (TPSA) is 115 Å². The van der Waals surface area contributed by atoms with Gasteiger partial charge in [-0.1, -0.05) is 0 Å². The smallest absolute Gasteiger partial charge is 0.233 e. The Morgan fingerprint density at radius 1 is 1.00 bits per heavy atom. The van der Waals surface area contributed by atoms with Gasteiger partial charge < -0.3 is 16.8 Å². The van der Waals surface area contributed by atoms with Crippen LogP contribution in [0, 0.1) is 0 Å². The molecule has 0 radical (unpaired) electrons. The Bertz CT molecular complexity index is 515. The maximum absolute atomic E-state index is 5.45. The number of aliphatic imine (C=N–C) groups is 1. The van der Waals surface area contributed by atoms with E-state index >= 15 is 0 Å². The second-order valence-corrected chi connectivity index (χ2v) is 3.21. The van der Waals surface area contributed by atoms with Crippen molar-refractivity contribution >= 4 is 35.9 Å². The second-order valence-electron chi connectivity index (χ2n) is 3.21. The number of nitrogens with zero attached hydrogens (tertiary/aromatic N) is 4. The minimum absolute atomic E-state index is 0.0735. The first-order chi connectivity index (χ1) is 8.17. The van der Waals surface area contributed by atoms with Crippen LogP contribution in [0.1, 0.15) is 0 Å². The van der Waals surface area contributed by atoms with Crippen molar-refractivity contribution in [3.63, 3.8) is 0 Å². The molecule has 0 atom stereocenters. The van der Waals surface area contributed by atoms with Crippen molar-refractivity contribution in [2.45, 2.75) is 0 Å². The molecule has 1 heterocycles. The monoisotopic (exact) mass is 229 g/mol. The third-order valence-electron chi connectivity index (χ3n) is 1.98. The number of nitrogen functional groups attached to an aromatic ring is 2. The molecule has 0 aliphatic carbocycles. The van der Waals surface area contributed by atoms with Crippen LogP contribution in [-0.4, -0.2) is 21.7 Å². The van der Waals surface area contributed by atoms with E-state index in [9.17, 15) is 0 Å². The number of nitrogens with one attached hydrogen (secondary N) is 1. The zero-order chi connectivity index (χ0) is 12.3. The van der Waals surface area contributed by atoms with Gasteiger partial charge in [0.25, 0.3) is 0 Å². The molecule has 1 aromatic heterocycles. The lowest BCUT2D eigenvalue weighted by molar-refractivity contribution is 1.08. The predicted octanol–water partition coefficient (Wildman–Crippen LogP) is 1.11. The third kappa shape index (κ3) is 2.65. The molecule has 0 amide bonds. The highest BCUT2D eigenvalue weighted by Crippen LogP contribution is 2.18. The van der Waals surface area contributed by atoms with E-state index in [-0.39, 0.29) is 11.9 Å². The van der Waals surface area contributed by atoms with Gasteiger partial charge in [-0.05, 0) is 31.0 Å². The summed E-state index contributed by atoms with van der Waals surface area (Å²) >= 11 is 0. The molecule has 0 bridgehead atoms. The van der Waals surface area contributed by atoms with Crippen molar-refractivity contribution < 1.29 is 0 Å². The van der Waals surface area contributed by atoms with Crippen molar-refractivity contribution in [1.82, 2.24) is 15.0 Å². The molecule has 2 rings (SSSR count). The summed E-state index contributed by atoms with van der Waals surface area (Å²) in [6.45, 7) is 3.43. The molecular formula is C10H11N7. The molecule has 7 nitrogen and oxygen atoms in total. The number of hydrogen-bond donors (Lipinski definition) is 3. The summed E-state index contributed by atoms with van der Waals surface area (Å²) in [5, 5.41) is 2.95. The van der Waals surface area contributed by atoms with Crippen LogP contribution in [0.25, 0.3) is 0 Å². The first-order valence-corrected chi connectivity index (χ1v) is 4.78. The van der Waals surface area contributed by atoms with Crippen molar-refractivity contribution in [3.05, 3.63) is 24.3 Å². The summed E-state index contributed by atoms with van der Waals surface area (Å²) < 4.78 is 0. The molecule has 0 fully saturated rings. The van der Waals surface area contributed by atoms with Gasteiger partial charge in [0.1, 0.15) is 0 Å². The zero-order valence-corrected chi connectivity index (χ0v) is 8.96. The maximum Gasteiger partial charge on any atom is 0.233 e. The van der Waals surface area contributed by atoms with Gasteiger partial charge in [-0.3, -0.25) is 4.99 Å². The molecule has 7 heteroatoms. The Kier molecular flexibility index (Phi) is 2.82. The molecule has 1 aromatic carbocycles. The summed E-state index contributed by atoms with van der Waals surface area (Å²) in [4.78, 5) is 15.3. The summed E-state index contributed by atoms with van der Waals surface area (Å²) in [5.41, 5.74) is 12.5. The number of nitrogens with two attached hydrogens (primary N) is 2. The fraction of sp³-hybridized carbons (Fsp3) is 0. The summed E-state index contributed by atoms with van der Waals surface area (Å²) in [6, 6.07) is 7.26. The Hall–Kier alpha value is -2.70. The van der Waals surface area contributed by atoms with Gasteiger partial charge in [-0.2, -0.15) is 15.0 Å². The van der Waals surface area contributed by atoms with Crippen LogP contribution < -0.4 is 16.8 Å². The van der Waals surface area contributed by atoms with Crippen LogP contribution >= 0.6 is 0 Å². The highest BCUT2D eigenvalue weighted by atomic mass is 15.2. The van der Waals surface area contributed by atoms with Crippen LogP contribution in [-0.2, 0) is 0 Å². The summed E-state index contributed by atoms with van der Waals surface area (Å²) in [6.07, 6.45) is 0. The summed E-state index contributed by atoms with van der Waals surface area (Å²) in [7, 11) is 0. The van der Waals surface area contributed by atoms with E-state index in [1.807, 2.05) is 24.3 Å². The number of rotatable bonds is 3. The van der Waals surface area contributed by atoms with E-state index in [1.165, 1.54) is 0 Å². The molecule has 2 aromatic rings.